The maximum atomic E-state index is 13.3. The van der Waals surface area contributed by atoms with Gasteiger partial charge in [-0.2, -0.15) is 0 Å². The van der Waals surface area contributed by atoms with Crippen molar-refractivity contribution < 1.29 is 14.3 Å². The van der Waals surface area contributed by atoms with Crippen LogP contribution >= 0.6 is 0 Å². The van der Waals surface area contributed by atoms with Crippen molar-refractivity contribution in [1.29, 1.82) is 0 Å². The summed E-state index contributed by atoms with van der Waals surface area (Å²) in [4.78, 5) is 31.2. The average molecular weight is 396 g/mol. The van der Waals surface area contributed by atoms with Gasteiger partial charge in [0.15, 0.2) is 0 Å². The van der Waals surface area contributed by atoms with Crippen LogP contribution in [0.4, 0.5) is 10.5 Å². The molecule has 1 fully saturated rings. The maximum Gasteiger partial charge on any atom is 0.412 e. The Hall–Kier alpha value is -2.89. The van der Waals surface area contributed by atoms with Gasteiger partial charge in [-0.3, -0.25) is 15.1 Å². The third-order valence-electron chi connectivity index (χ3n) is 4.88. The van der Waals surface area contributed by atoms with Crippen molar-refractivity contribution >= 4 is 17.7 Å². The number of carbonyl (C=O) groups excluding carboxylic acids is 2. The van der Waals surface area contributed by atoms with Crippen molar-refractivity contribution in [3.8, 4) is 0 Å². The summed E-state index contributed by atoms with van der Waals surface area (Å²) in [6.45, 7) is 6.18. The van der Waals surface area contributed by atoms with E-state index in [1.807, 2.05) is 37.8 Å². The van der Waals surface area contributed by atoms with E-state index in [1.165, 1.54) is 0 Å². The Balaban J connectivity index is 1.73. The highest BCUT2D eigenvalue weighted by atomic mass is 16.6. The number of likely N-dealkylation sites (tertiary alicyclic amines) is 1. The number of anilines is 1. The first-order valence-corrected chi connectivity index (χ1v) is 10.1. The molecule has 29 heavy (non-hydrogen) atoms. The minimum Gasteiger partial charge on any atom is -0.444 e. The average Bonchev–Trinajstić information content (AvgIpc) is 2.93. The minimum atomic E-state index is -0.561. The molecule has 0 aliphatic carbocycles. The van der Waals surface area contributed by atoms with Crippen LogP contribution in [0.3, 0.4) is 0 Å². The number of amides is 2. The van der Waals surface area contributed by atoms with Gasteiger partial charge in [0.1, 0.15) is 5.60 Å². The van der Waals surface area contributed by atoms with Crippen LogP contribution < -0.4 is 5.32 Å². The Bertz CT molecular complexity index is 829. The van der Waals surface area contributed by atoms with E-state index < -0.39 is 11.7 Å². The maximum absolute atomic E-state index is 13.3. The van der Waals surface area contributed by atoms with Crippen LogP contribution in [0.1, 0.15) is 68.4 Å². The fourth-order valence-electron chi connectivity index (χ4n) is 3.57. The normalized spacial score (nSPS) is 17.3. The first kappa shape index (κ1) is 20.8. The van der Waals surface area contributed by atoms with Crippen molar-refractivity contribution in [2.75, 3.05) is 11.9 Å². The molecule has 3 rings (SSSR count). The third-order valence-corrected chi connectivity index (χ3v) is 4.88. The standard InChI is InChI=1S/C23H29N3O3/c1-23(2,3)29-22(28)25-19-10-8-18(9-11-19)21(27)26-16-6-4-5-7-20(26)17-12-14-24-15-13-17/h8-15,20H,4-7,16H2,1-3H3,(H,25,28). The van der Waals surface area contributed by atoms with Gasteiger partial charge < -0.3 is 9.64 Å². The Morgan fingerprint density at radius 3 is 2.38 bits per heavy atom. The van der Waals surface area contributed by atoms with Crippen molar-refractivity contribution in [3.05, 3.63) is 59.9 Å². The molecular formula is C23H29N3O3. The molecule has 6 heteroatoms. The molecule has 154 valence electrons. The summed E-state index contributed by atoms with van der Waals surface area (Å²) in [5.41, 5.74) is 1.77. The van der Waals surface area contributed by atoms with Crippen LogP contribution in [0.25, 0.3) is 0 Å². The van der Waals surface area contributed by atoms with Gasteiger partial charge in [0.05, 0.1) is 6.04 Å². The topological polar surface area (TPSA) is 71.5 Å². The van der Waals surface area contributed by atoms with Crippen molar-refractivity contribution in [3.63, 3.8) is 0 Å². The molecule has 1 N–H and O–H groups in total. The summed E-state index contributed by atoms with van der Waals surface area (Å²) in [6, 6.07) is 11.0. The number of hydrogen-bond acceptors (Lipinski definition) is 4. The molecule has 1 aromatic carbocycles. The summed E-state index contributed by atoms with van der Waals surface area (Å²) in [5, 5.41) is 2.70. The van der Waals surface area contributed by atoms with E-state index in [4.69, 9.17) is 4.74 Å². The van der Waals surface area contributed by atoms with E-state index in [0.29, 0.717) is 11.3 Å². The fourth-order valence-corrected chi connectivity index (χ4v) is 3.57. The Labute approximate surface area is 172 Å². The zero-order valence-corrected chi connectivity index (χ0v) is 17.4. The van der Waals surface area contributed by atoms with Gasteiger partial charge in [-0.05, 0) is 75.6 Å². The Morgan fingerprint density at radius 1 is 1.03 bits per heavy atom. The molecule has 2 heterocycles. The highest BCUT2D eigenvalue weighted by Gasteiger charge is 2.27. The summed E-state index contributed by atoms with van der Waals surface area (Å²) in [7, 11) is 0. The lowest BCUT2D eigenvalue weighted by Crippen LogP contribution is -2.34. The lowest BCUT2D eigenvalue weighted by Gasteiger charge is -2.30. The second-order valence-electron chi connectivity index (χ2n) is 8.35. The molecule has 0 saturated carbocycles. The molecule has 1 atom stereocenters. The summed E-state index contributed by atoms with van der Waals surface area (Å²) >= 11 is 0. The van der Waals surface area contributed by atoms with Gasteiger partial charge in [-0.25, -0.2) is 4.79 Å². The fraction of sp³-hybridized carbons (Fsp3) is 0.435. The molecule has 6 nitrogen and oxygen atoms in total. The zero-order chi connectivity index (χ0) is 20.9. The van der Waals surface area contributed by atoms with Gasteiger partial charge in [-0.15, -0.1) is 0 Å². The number of hydrogen-bond donors (Lipinski definition) is 1. The summed E-state index contributed by atoms with van der Waals surface area (Å²) in [5.74, 6) is 0.0116. The summed E-state index contributed by atoms with van der Waals surface area (Å²) < 4.78 is 5.26. The number of nitrogens with zero attached hydrogens (tertiary/aromatic N) is 2. The van der Waals surface area contributed by atoms with E-state index in [2.05, 4.69) is 10.3 Å². The quantitative estimate of drug-likeness (QED) is 0.777. The first-order chi connectivity index (χ1) is 13.8. The second-order valence-corrected chi connectivity index (χ2v) is 8.35. The zero-order valence-electron chi connectivity index (χ0n) is 17.4. The van der Waals surface area contributed by atoms with E-state index in [-0.39, 0.29) is 11.9 Å². The van der Waals surface area contributed by atoms with Crippen LogP contribution in [0.2, 0.25) is 0 Å². The van der Waals surface area contributed by atoms with Gasteiger partial charge in [-0.1, -0.05) is 12.8 Å². The highest BCUT2D eigenvalue weighted by molar-refractivity contribution is 5.95. The van der Waals surface area contributed by atoms with E-state index in [1.54, 1.807) is 36.7 Å². The lowest BCUT2D eigenvalue weighted by molar-refractivity contribution is 0.0634. The lowest BCUT2D eigenvalue weighted by atomic mass is 10.0. The molecule has 1 aliphatic heterocycles. The van der Waals surface area contributed by atoms with Crippen molar-refractivity contribution in [2.45, 2.75) is 58.1 Å². The molecule has 1 aliphatic rings. The second kappa shape index (κ2) is 9.07. The molecule has 1 aromatic heterocycles. The Morgan fingerprint density at radius 2 is 1.72 bits per heavy atom. The molecular weight excluding hydrogens is 366 g/mol. The summed E-state index contributed by atoms with van der Waals surface area (Å²) in [6.07, 6.45) is 7.24. The Kier molecular flexibility index (Phi) is 6.52. The number of rotatable bonds is 3. The minimum absolute atomic E-state index is 0.0116. The van der Waals surface area contributed by atoms with E-state index >= 15 is 0 Å². The third kappa shape index (κ3) is 5.79. The number of carbonyl (C=O) groups is 2. The molecule has 2 aromatic rings. The molecule has 1 saturated heterocycles. The van der Waals surface area contributed by atoms with Gasteiger partial charge in [0.2, 0.25) is 0 Å². The number of nitrogens with one attached hydrogen (secondary N) is 1. The van der Waals surface area contributed by atoms with Crippen LogP contribution in [0, 0.1) is 0 Å². The van der Waals surface area contributed by atoms with Crippen LogP contribution in [0.5, 0.6) is 0 Å². The largest absolute Gasteiger partial charge is 0.444 e. The van der Waals surface area contributed by atoms with Crippen molar-refractivity contribution in [1.82, 2.24) is 9.88 Å². The molecule has 2 amide bonds. The van der Waals surface area contributed by atoms with Gasteiger partial charge in [0, 0.05) is 30.2 Å². The number of pyridine rings is 1. The predicted octanol–water partition coefficient (Wildman–Crippen LogP) is 5.19. The monoisotopic (exact) mass is 395 g/mol. The number of aromatic nitrogens is 1. The van der Waals surface area contributed by atoms with E-state index in [9.17, 15) is 9.59 Å². The molecule has 0 bridgehead atoms. The molecule has 0 spiro atoms. The van der Waals surface area contributed by atoms with Crippen molar-refractivity contribution in [2.24, 2.45) is 0 Å². The molecule has 1 unspecified atom stereocenters. The SMILES string of the molecule is CC(C)(C)OC(=O)Nc1ccc(C(=O)N2CCCCCC2c2ccncc2)cc1. The predicted molar refractivity (Wildman–Crippen MR) is 113 cm³/mol. The van der Waals surface area contributed by atoms with Crippen LogP contribution in [-0.2, 0) is 4.74 Å². The van der Waals surface area contributed by atoms with Crippen LogP contribution in [-0.4, -0.2) is 34.0 Å². The van der Waals surface area contributed by atoms with Gasteiger partial charge >= 0.3 is 6.09 Å². The van der Waals surface area contributed by atoms with Crippen LogP contribution in [0.15, 0.2) is 48.8 Å². The first-order valence-electron chi connectivity index (χ1n) is 10.1. The van der Waals surface area contributed by atoms with E-state index in [0.717, 1.165) is 37.8 Å². The number of benzene rings is 1. The van der Waals surface area contributed by atoms with Gasteiger partial charge in [0.25, 0.3) is 5.91 Å². The highest BCUT2D eigenvalue weighted by Crippen LogP contribution is 2.31. The number of ether oxygens (including phenoxy) is 1. The smallest absolute Gasteiger partial charge is 0.412 e. The molecule has 0 radical (unpaired) electrons.